The van der Waals surface area contributed by atoms with Gasteiger partial charge in [-0.3, -0.25) is 0 Å². The molecule has 0 fully saturated rings. The topological polar surface area (TPSA) is 70.4 Å². The van der Waals surface area contributed by atoms with Gasteiger partial charge in [0.15, 0.2) is 0 Å². The molecular weight excluding hydrogens is 344 g/mol. The summed E-state index contributed by atoms with van der Waals surface area (Å²) in [5, 5.41) is 7.72. The summed E-state index contributed by atoms with van der Waals surface area (Å²) < 4.78 is 18.2. The van der Waals surface area contributed by atoms with Crippen LogP contribution in [0.3, 0.4) is 0 Å². The van der Waals surface area contributed by atoms with Gasteiger partial charge in [0, 0.05) is 16.8 Å². The number of hydrogen-bond donors (Lipinski definition) is 1. The molecule has 0 saturated heterocycles. The minimum atomic E-state index is -0.199. The van der Waals surface area contributed by atoms with Gasteiger partial charge in [0.2, 0.25) is 5.95 Å². The van der Waals surface area contributed by atoms with E-state index >= 15 is 0 Å². The lowest BCUT2D eigenvalue weighted by atomic mass is 10.0. The molecule has 0 amide bonds. The van der Waals surface area contributed by atoms with Crippen molar-refractivity contribution in [2.75, 3.05) is 26.6 Å². The van der Waals surface area contributed by atoms with Crippen molar-refractivity contribution in [1.82, 2.24) is 14.8 Å². The third-order valence-corrected chi connectivity index (χ3v) is 4.54. The standard InChI is InChI=1S/C20H20N4O3/c1-25-14-6-4-5-13(9-14)17-11-18(24-20(23-17)21-12-22-24)16-10-15(26-2)7-8-19(16)27-3/h4-12,18H,1-3H3,(H,21,22,23)/t18-/m0/s1. The molecule has 0 unspecified atom stereocenters. The molecular formula is C20H20N4O3. The summed E-state index contributed by atoms with van der Waals surface area (Å²) in [6.45, 7) is 0. The Balaban J connectivity index is 1.85. The van der Waals surface area contributed by atoms with Gasteiger partial charge in [-0.1, -0.05) is 12.1 Å². The lowest BCUT2D eigenvalue weighted by Gasteiger charge is -2.26. The van der Waals surface area contributed by atoms with E-state index < -0.39 is 0 Å². The zero-order valence-corrected chi connectivity index (χ0v) is 15.3. The minimum Gasteiger partial charge on any atom is -0.497 e. The van der Waals surface area contributed by atoms with Crippen molar-refractivity contribution in [3.8, 4) is 17.2 Å². The van der Waals surface area contributed by atoms with Crippen LogP contribution in [0, 0.1) is 0 Å². The largest absolute Gasteiger partial charge is 0.497 e. The van der Waals surface area contributed by atoms with Crippen LogP contribution < -0.4 is 19.5 Å². The predicted molar refractivity (Wildman–Crippen MR) is 102 cm³/mol. The Morgan fingerprint density at radius 1 is 0.963 bits per heavy atom. The van der Waals surface area contributed by atoms with Crippen LogP contribution in [0.15, 0.2) is 54.9 Å². The van der Waals surface area contributed by atoms with Gasteiger partial charge in [0.1, 0.15) is 29.6 Å². The molecule has 0 bridgehead atoms. The molecule has 7 heteroatoms. The molecule has 1 N–H and O–H groups in total. The lowest BCUT2D eigenvalue weighted by Crippen LogP contribution is -2.20. The number of benzene rings is 2. The number of nitrogens with one attached hydrogen (secondary N) is 1. The third-order valence-electron chi connectivity index (χ3n) is 4.54. The van der Waals surface area contributed by atoms with Crippen LogP contribution in [-0.2, 0) is 0 Å². The van der Waals surface area contributed by atoms with E-state index in [1.54, 1.807) is 21.3 Å². The molecule has 0 saturated carbocycles. The first-order chi connectivity index (χ1) is 13.2. The SMILES string of the molecule is COc1cccc(C2=C[C@@H](c3cc(OC)ccc3OC)n3ncnc3N2)c1. The second-order valence-electron chi connectivity index (χ2n) is 6.02. The molecule has 1 atom stereocenters. The second kappa shape index (κ2) is 7.03. The zero-order chi connectivity index (χ0) is 18.8. The van der Waals surface area contributed by atoms with Crippen LogP contribution in [0.5, 0.6) is 17.2 Å². The molecule has 1 aliphatic heterocycles. The maximum absolute atomic E-state index is 5.58. The van der Waals surface area contributed by atoms with Gasteiger partial charge in [-0.25, -0.2) is 4.68 Å². The van der Waals surface area contributed by atoms with E-state index in [9.17, 15) is 0 Å². The fourth-order valence-corrected chi connectivity index (χ4v) is 3.18. The molecule has 2 aromatic carbocycles. The van der Waals surface area contributed by atoms with E-state index in [0.717, 1.165) is 34.1 Å². The minimum absolute atomic E-state index is 0.199. The van der Waals surface area contributed by atoms with Gasteiger partial charge in [-0.2, -0.15) is 10.1 Å². The van der Waals surface area contributed by atoms with E-state index in [1.807, 2.05) is 47.1 Å². The fourth-order valence-electron chi connectivity index (χ4n) is 3.18. The van der Waals surface area contributed by atoms with Crippen molar-refractivity contribution < 1.29 is 14.2 Å². The lowest BCUT2D eigenvalue weighted by molar-refractivity contribution is 0.394. The first-order valence-electron chi connectivity index (χ1n) is 8.48. The first kappa shape index (κ1) is 17.0. The van der Waals surface area contributed by atoms with Crippen molar-refractivity contribution >= 4 is 11.6 Å². The van der Waals surface area contributed by atoms with E-state index in [0.29, 0.717) is 5.95 Å². The van der Waals surface area contributed by atoms with Gasteiger partial charge >= 0.3 is 0 Å². The zero-order valence-electron chi connectivity index (χ0n) is 15.3. The first-order valence-corrected chi connectivity index (χ1v) is 8.48. The number of hydrogen-bond acceptors (Lipinski definition) is 6. The Morgan fingerprint density at radius 3 is 2.56 bits per heavy atom. The van der Waals surface area contributed by atoms with Crippen LogP contribution in [0.25, 0.3) is 5.70 Å². The van der Waals surface area contributed by atoms with Gasteiger partial charge in [0.25, 0.3) is 0 Å². The molecule has 1 aliphatic rings. The molecule has 1 aromatic heterocycles. The third kappa shape index (κ3) is 3.08. The Hall–Kier alpha value is -3.48. The summed E-state index contributed by atoms with van der Waals surface area (Å²) in [5.41, 5.74) is 2.85. The number of fused-ring (bicyclic) bond motifs is 1. The normalized spacial score (nSPS) is 15.4. The molecule has 138 valence electrons. The molecule has 4 rings (SSSR count). The summed E-state index contributed by atoms with van der Waals surface area (Å²) in [7, 11) is 4.95. The monoisotopic (exact) mass is 364 g/mol. The van der Waals surface area contributed by atoms with Crippen molar-refractivity contribution in [3.05, 3.63) is 66.0 Å². The van der Waals surface area contributed by atoms with Crippen LogP contribution in [0.2, 0.25) is 0 Å². The highest BCUT2D eigenvalue weighted by atomic mass is 16.5. The summed E-state index contributed by atoms with van der Waals surface area (Å²) in [4.78, 5) is 4.35. The number of rotatable bonds is 5. The van der Waals surface area contributed by atoms with Gasteiger partial charge in [-0.05, 0) is 36.4 Å². The number of anilines is 1. The highest BCUT2D eigenvalue weighted by molar-refractivity contribution is 5.78. The highest BCUT2D eigenvalue weighted by Crippen LogP contribution is 2.38. The van der Waals surface area contributed by atoms with Gasteiger partial charge in [0.05, 0.1) is 21.3 Å². The second-order valence-corrected chi connectivity index (χ2v) is 6.02. The number of aromatic nitrogens is 3. The fraction of sp³-hybridized carbons (Fsp3) is 0.200. The maximum Gasteiger partial charge on any atom is 0.226 e. The Kier molecular flexibility index (Phi) is 4.42. The average Bonchev–Trinajstić information content (AvgIpc) is 3.21. The maximum atomic E-state index is 5.58. The predicted octanol–water partition coefficient (Wildman–Crippen LogP) is 3.36. The Labute approximate surface area is 157 Å². The summed E-state index contributed by atoms with van der Waals surface area (Å²) in [6, 6.07) is 13.4. The summed E-state index contributed by atoms with van der Waals surface area (Å²) in [5.74, 6) is 2.95. The number of allylic oxidation sites excluding steroid dienone is 1. The van der Waals surface area contributed by atoms with E-state index in [-0.39, 0.29) is 6.04 Å². The van der Waals surface area contributed by atoms with Crippen LogP contribution in [0.4, 0.5) is 5.95 Å². The molecule has 7 nitrogen and oxygen atoms in total. The molecule has 27 heavy (non-hydrogen) atoms. The number of nitrogens with zero attached hydrogens (tertiary/aromatic N) is 3. The molecule has 0 aliphatic carbocycles. The molecule has 3 aromatic rings. The van der Waals surface area contributed by atoms with Crippen LogP contribution >= 0.6 is 0 Å². The van der Waals surface area contributed by atoms with Crippen molar-refractivity contribution in [2.24, 2.45) is 0 Å². The highest BCUT2D eigenvalue weighted by Gasteiger charge is 2.26. The number of ether oxygens (including phenoxy) is 3. The van der Waals surface area contributed by atoms with Gasteiger partial charge in [-0.15, -0.1) is 0 Å². The van der Waals surface area contributed by atoms with Crippen molar-refractivity contribution in [2.45, 2.75) is 6.04 Å². The van der Waals surface area contributed by atoms with Crippen LogP contribution in [-0.4, -0.2) is 36.1 Å². The van der Waals surface area contributed by atoms with Crippen molar-refractivity contribution in [1.29, 1.82) is 0 Å². The Morgan fingerprint density at radius 2 is 1.78 bits per heavy atom. The summed E-state index contributed by atoms with van der Waals surface area (Å²) >= 11 is 0. The van der Waals surface area contributed by atoms with Crippen LogP contribution in [0.1, 0.15) is 17.2 Å². The quantitative estimate of drug-likeness (QED) is 0.749. The smallest absolute Gasteiger partial charge is 0.226 e. The van der Waals surface area contributed by atoms with Crippen molar-refractivity contribution in [3.63, 3.8) is 0 Å². The summed E-state index contributed by atoms with van der Waals surface area (Å²) in [6.07, 6.45) is 3.62. The van der Waals surface area contributed by atoms with E-state index in [4.69, 9.17) is 14.2 Å². The van der Waals surface area contributed by atoms with E-state index in [2.05, 4.69) is 21.5 Å². The molecule has 0 radical (unpaired) electrons. The molecule has 0 spiro atoms. The van der Waals surface area contributed by atoms with Gasteiger partial charge < -0.3 is 19.5 Å². The molecule has 2 heterocycles. The van der Waals surface area contributed by atoms with E-state index in [1.165, 1.54) is 6.33 Å². The average molecular weight is 364 g/mol. The number of methoxy groups -OCH3 is 3. The Bertz CT molecular complexity index is 996.